The molecule has 1 saturated heterocycles. The molecule has 0 aromatic heterocycles. The van der Waals surface area contributed by atoms with Crippen molar-refractivity contribution in [2.75, 3.05) is 0 Å². The summed E-state index contributed by atoms with van der Waals surface area (Å²) in [5, 5.41) is 17.0. The molecule has 0 aromatic rings. The minimum Gasteiger partial charge on any atom is -0.479 e. The van der Waals surface area contributed by atoms with Crippen LogP contribution < -0.4 is 0 Å². The van der Waals surface area contributed by atoms with E-state index in [1.54, 1.807) is 0 Å². The highest BCUT2D eigenvalue weighted by Gasteiger charge is 2.48. The second-order valence-electron chi connectivity index (χ2n) is 2.10. The Kier molecular flexibility index (Phi) is 1.42. The first-order valence-corrected chi connectivity index (χ1v) is 2.69. The molecule has 52 valence electrons. The lowest BCUT2D eigenvalue weighted by Crippen LogP contribution is -2.16. The number of hydrogen-bond acceptors (Lipinski definition) is 3. The van der Waals surface area contributed by atoms with E-state index in [-0.39, 0.29) is 0 Å². The third-order valence-corrected chi connectivity index (χ3v) is 1.24. The van der Waals surface area contributed by atoms with Crippen LogP contribution in [0, 0.1) is 0 Å². The van der Waals surface area contributed by atoms with Crippen molar-refractivity contribution in [2.24, 2.45) is 0 Å². The summed E-state index contributed by atoms with van der Waals surface area (Å²) in [5.41, 5.74) is 0. The molecule has 9 heavy (non-hydrogen) atoms. The second-order valence-corrected chi connectivity index (χ2v) is 2.10. The van der Waals surface area contributed by atoms with E-state index in [0.29, 0.717) is 0 Å². The largest absolute Gasteiger partial charge is 0.479 e. The number of hydrogen-bond donors (Lipinski definition) is 2. The highest BCUT2D eigenvalue weighted by atomic mass is 16.6. The minimum absolute atomic E-state index is 0.484. The molecule has 0 aromatic carbocycles. The van der Waals surface area contributed by atoms with Gasteiger partial charge in [0.2, 0.25) is 0 Å². The number of aliphatic hydroxyl groups excluding tert-OH is 1. The summed E-state index contributed by atoms with van der Waals surface area (Å²) in [6.07, 6.45) is -1.93. The number of epoxide rings is 1. The molecule has 0 aliphatic carbocycles. The molecule has 4 nitrogen and oxygen atoms in total. The molecular formula is C5H8O4. The van der Waals surface area contributed by atoms with Crippen LogP contribution in [-0.4, -0.2) is 34.5 Å². The summed E-state index contributed by atoms with van der Waals surface area (Å²) in [7, 11) is 0. The lowest BCUT2D eigenvalue weighted by atomic mass is 10.2. The molecule has 1 heterocycles. The minimum atomic E-state index is -0.999. The fourth-order valence-corrected chi connectivity index (χ4v) is 0.689. The number of carbonyl (C=O) groups is 1. The van der Waals surface area contributed by atoms with Crippen molar-refractivity contribution in [3.63, 3.8) is 0 Å². The maximum absolute atomic E-state index is 10.0. The van der Waals surface area contributed by atoms with E-state index in [0.717, 1.165) is 0 Å². The number of carboxylic acids is 1. The van der Waals surface area contributed by atoms with E-state index in [4.69, 9.17) is 10.2 Å². The molecule has 2 N–H and O–H groups in total. The molecule has 0 bridgehead atoms. The van der Waals surface area contributed by atoms with Crippen LogP contribution in [0.3, 0.4) is 0 Å². The maximum Gasteiger partial charge on any atom is 0.335 e. The fraction of sp³-hybridized carbons (Fsp3) is 0.800. The average molecular weight is 132 g/mol. The molecule has 0 unspecified atom stereocenters. The molecule has 1 fully saturated rings. The van der Waals surface area contributed by atoms with Crippen LogP contribution in [-0.2, 0) is 9.53 Å². The standard InChI is InChI=1S/C5H8O4/c1-2(6)3-4(9-3)5(7)8/h2-4,6H,1H3,(H,7,8)/t2-,3+,4-/m1/s1. The predicted octanol–water partition coefficient (Wildman–Crippen LogP) is -0.781. The lowest BCUT2D eigenvalue weighted by molar-refractivity contribution is -0.138. The van der Waals surface area contributed by atoms with Gasteiger partial charge in [-0.05, 0) is 6.92 Å². The van der Waals surface area contributed by atoms with Crippen LogP contribution in [0.25, 0.3) is 0 Å². The average Bonchev–Trinajstić information content (AvgIpc) is 2.39. The summed E-state index contributed by atoms with van der Waals surface area (Å²) in [4.78, 5) is 10.0. The van der Waals surface area contributed by atoms with Crippen LogP contribution in [0.1, 0.15) is 6.92 Å². The van der Waals surface area contributed by atoms with Gasteiger partial charge < -0.3 is 14.9 Å². The highest BCUT2D eigenvalue weighted by Crippen LogP contribution is 2.24. The molecule has 4 heteroatoms. The van der Waals surface area contributed by atoms with Gasteiger partial charge in [0, 0.05) is 0 Å². The van der Waals surface area contributed by atoms with E-state index in [1.807, 2.05) is 0 Å². The molecule has 1 aliphatic heterocycles. The van der Waals surface area contributed by atoms with Gasteiger partial charge in [-0.3, -0.25) is 0 Å². The van der Waals surface area contributed by atoms with Crippen molar-refractivity contribution in [1.82, 2.24) is 0 Å². The van der Waals surface area contributed by atoms with Gasteiger partial charge in [-0.15, -0.1) is 0 Å². The van der Waals surface area contributed by atoms with Crippen molar-refractivity contribution in [2.45, 2.75) is 25.2 Å². The fourth-order valence-electron chi connectivity index (χ4n) is 0.689. The molecule has 1 rings (SSSR count). The molecule has 1 aliphatic rings. The Bertz CT molecular complexity index is 131. The second kappa shape index (κ2) is 1.97. The third-order valence-electron chi connectivity index (χ3n) is 1.24. The van der Waals surface area contributed by atoms with Crippen LogP contribution in [0.2, 0.25) is 0 Å². The van der Waals surface area contributed by atoms with Gasteiger partial charge in [-0.25, -0.2) is 4.79 Å². The van der Waals surface area contributed by atoms with E-state index >= 15 is 0 Å². The third kappa shape index (κ3) is 1.20. The Morgan fingerprint density at radius 1 is 1.78 bits per heavy atom. The van der Waals surface area contributed by atoms with E-state index < -0.39 is 24.3 Å². The summed E-state index contributed by atoms with van der Waals surface area (Å²) in [6, 6.07) is 0. The maximum atomic E-state index is 10.0. The van der Waals surface area contributed by atoms with Crippen molar-refractivity contribution in [3.8, 4) is 0 Å². The Morgan fingerprint density at radius 2 is 2.33 bits per heavy atom. The first kappa shape index (κ1) is 6.51. The van der Waals surface area contributed by atoms with Gasteiger partial charge in [0.25, 0.3) is 0 Å². The zero-order valence-corrected chi connectivity index (χ0v) is 4.94. The molecule has 3 atom stereocenters. The number of carboxylic acid groups (broad SMARTS) is 1. The first-order chi connectivity index (χ1) is 4.13. The van der Waals surface area contributed by atoms with E-state index in [1.165, 1.54) is 6.92 Å². The topological polar surface area (TPSA) is 70.1 Å². The van der Waals surface area contributed by atoms with E-state index in [2.05, 4.69) is 4.74 Å². The Morgan fingerprint density at radius 3 is 2.44 bits per heavy atom. The van der Waals surface area contributed by atoms with Gasteiger partial charge >= 0.3 is 5.97 Å². The zero-order chi connectivity index (χ0) is 7.02. The number of aliphatic carboxylic acids is 1. The number of aliphatic hydroxyl groups is 1. The SMILES string of the molecule is C[C@@H](O)[C@@H]1O[C@H]1C(=O)O. The summed E-state index contributed by atoms with van der Waals surface area (Å²) in [5.74, 6) is -0.999. The van der Waals surface area contributed by atoms with Gasteiger partial charge in [-0.2, -0.15) is 0 Å². The molecule has 0 saturated carbocycles. The summed E-state index contributed by atoms with van der Waals surface area (Å²) < 4.78 is 4.59. The van der Waals surface area contributed by atoms with E-state index in [9.17, 15) is 4.79 Å². The van der Waals surface area contributed by atoms with Crippen LogP contribution in [0.5, 0.6) is 0 Å². The monoisotopic (exact) mass is 132 g/mol. The predicted molar refractivity (Wildman–Crippen MR) is 28.0 cm³/mol. The molecular weight excluding hydrogens is 124 g/mol. The molecule has 0 spiro atoms. The van der Waals surface area contributed by atoms with Crippen molar-refractivity contribution < 1.29 is 19.7 Å². The summed E-state index contributed by atoms with van der Waals surface area (Å²) in [6.45, 7) is 1.51. The van der Waals surface area contributed by atoms with Gasteiger partial charge in [0.15, 0.2) is 6.10 Å². The van der Waals surface area contributed by atoms with Gasteiger partial charge in [-0.1, -0.05) is 0 Å². The normalized spacial score (nSPS) is 35.8. The summed E-state index contributed by atoms with van der Waals surface area (Å²) >= 11 is 0. The van der Waals surface area contributed by atoms with Crippen molar-refractivity contribution >= 4 is 5.97 Å². The zero-order valence-electron chi connectivity index (χ0n) is 4.94. The Hall–Kier alpha value is -0.610. The Balaban J connectivity index is 2.33. The van der Waals surface area contributed by atoms with Crippen LogP contribution in [0.4, 0.5) is 0 Å². The first-order valence-electron chi connectivity index (χ1n) is 2.69. The van der Waals surface area contributed by atoms with Crippen LogP contribution in [0.15, 0.2) is 0 Å². The number of rotatable bonds is 2. The number of ether oxygens (including phenoxy) is 1. The molecule has 0 radical (unpaired) electrons. The van der Waals surface area contributed by atoms with Crippen LogP contribution >= 0.6 is 0 Å². The Labute approximate surface area is 52.1 Å². The smallest absolute Gasteiger partial charge is 0.335 e. The lowest BCUT2D eigenvalue weighted by Gasteiger charge is -1.92. The van der Waals surface area contributed by atoms with Crippen molar-refractivity contribution in [3.05, 3.63) is 0 Å². The van der Waals surface area contributed by atoms with Gasteiger partial charge in [0.1, 0.15) is 6.10 Å². The van der Waals surface area contributed by atoms with Crippen molar-refractivity contribution in [1.29, 1.82) is 0 Å². The quantitative estimate of drug-likeness (QED) is 0.483. The van der Waals surface area contributed by atoms with Gasteiger partial charge in [0.05, 0.1) is 6.10 Å². The molecule has 0 amide bonds. The highest BCUT2D eigenvalue weighted by molar-refractivity contribution is 5.75.